The van der Waals surface area contributed by atoms with Gasteiger partial charge in [-0.15, -0.1) is 0 Å². The molecule has 1 aromatic carbocycles. The summed E-state index contributed by atoms with van der Waals surface area (Å²) >= 11 is 0. The molecule has 1 aromatic rings. The highest BCUT2D eigenvalue weighted by Crippen LogP contribution is 2.41. The van der Waals surface area contributed by atoms with Crippen LogP contribution in [-0.2, 0) is 20.7 Å². The minimum Gasteiger partial charge on any atom is -0.395 e. The lowest BCUT2D eigenvalue weighted by Crippen LogP contribution is -2.32. The van der Waals surface area contributed by atoms with Crippen molar-refractivity contribution in [3.63, 3.8) is 0 Å². The number of aliphatic hydroxyl groups excluding tert-OH is 1. The summed E-state index contributed by atoms with van der Waals surface area (Å²) in [6, 6.07) is 4.26. The summed E-state index contributed by atoms with van der Waals surface area (Å²) in [5.41, 5.74) is 3.32. The minimum absolute atomic E-state index is 0.0792. The molecule has 4 heteroatoms. The first-order valence-corrected chi connectivity index (χ1v) is 7.70. The fourth-order valence-electron chi connectivity index (χ4n) is 2.44. The Bertz CT molecular complexity index is 574. The molecule has 1 fully saturated rings. The van der Waals surface area contributed by atoms with Gasteiger partial charge in [0.25, 0.3) is 0 Å². The molecule has 2 rings (SSSR count). The van der Waals surface area contributed by atoms with E-state index < -0.39 is 17.4 Å². The van der Waals surface area contributed by atoms with E-state index in [2.05, 4.69) is 12.1 Å². The van der Waals surface area contributed by atoms with E-state index in [-0.39, 0.29) is 13.0 Å². The number of hydrogen-bond donors (Lipinski definition) is 1. The summed E-state index contributed by atoms with van der Waals surface area (Å²) < 4.78 is 4.87. The molecule has 120 valence electrons. The number of carbonyl (C=O) groups excluding carboxylic acids is 2. The topological polar surface area (TPSA) is 63.6 Å². The van der Waals surface area contributed by atoms with Crippen molar-refractivity contribution in [3.05, 3.63) is 34.4 Å². The van der Waals surface area contributed by atoms with Gasteiger partial charge >= 0.3 is 11.9 Å². The molecule has 0 saturated heterocycles. The smallest absolute Gasteiger partial charge is 0.321 e. The van der Waals surface area contributed by atoms with Crippen LogP contribution in [0.1, 0.15) is 54.9 Å². The van der Waals surface area contributed by atoms with Crippen molar-refractivity contribution in [1.29, 1.82) is 0 Å². The van der Waals surface area contributed by atoms with Gasteiger partial charge in [0.15, 0.2) is 0 Å². The molecule has 0 radical (unpaired) electrons. The first kappa shape index (κ1) is 16.7. The number of aryl methyl sites for hydroxylation is 2. The number of esters is 2. The molecule has 1 aliphatic carbocycles. The Morgan fingerprint density at radius 1 is 1.23 bits per heavy atom. The number of carbonyl (C=O) groups is 2. The van der Waals surface area contributed by atoms with Crippen molar-refractivity contribution in [3.8, 4) is 0 Å². The molecule has 0 unspecified atom stereocenters. The summed E-state index contributed by atoms with van der Waals surface area (Å²) in [5.74, 6) is -0.591. The largest absolute Gasteiger partial charge is 0.395 e. The minimum atomic E-state index is -1.06. The number of benzene rings is 1. The van der Waals surface area contributed by atoms with Gasteiger partial charge in [0.05, 0.1) is 18.4 Å². The maximum Gasteiger partial charge on any atom is 0.321 e. The summed E-state index contributed by atoms with van der Waals surface area (Å²) in [6.07, 6.45) is 2.56. The molecule has 0 bridgehead atoms. The third-order valence-electron chi connectivity index (χ3n) is 4.24. The highest BCUT2D eigenvalue weighted by Gasteiger charge is 2.31. The number of rotatable bonds is 5. The van der Waals surface area contributed by atoms with Crippen molar-refractivity contribution in [1.82, 2.24) is 0 Å². The van der Waals surface area contributed by atoms with Crippen LogP contribution in [0, 0.1) is 19.3 Å². The Balaban J connectivity index is 2.07. The fraction of sp³-hybridized carbons (Fsp3) is 0.556. The molecular weight excluding hydrogens is 280 g/mol. The van der Waals surface area contributed by atoms with Crippen LogP contribution in [0.5, 0.6) is 0 Å². The molecule has 1 N–H and O–H groups in total. The third-order valence-corrected chi connectivity index (χ3v) is 4.24. The predicted molar refractivity (Wildman–Crippen MR) is 83.6 cm³/mol. The van der Waals surface area contributed by atoms with Gasteiger partial charge in [0, 0.05) is 0 Å². The van der Waals surface area contributed by atoms with E-state index in [1.54, 1.807) is 13.8 Å². The van der Waals surface area contributed by atoms with Crippen LogP contribution in [0.15, 0.2) is 12.1 Å². The highest BCUT2D eigenvalue weighted by atomic mass is 16.6. The third kappa shape index (κ3) is 3.74. The molecule has 4 nitrogen and oxygen atoms in total. The lowest BCUT2D eigenvalue weighted by molar-refractivity contribution is -0.167. The van der Waals surface area contributed by atoms with E-state index in [0.29, 0.717) is 5.92 Å². The van der Waals surface area contributed by atoms with Gasteiger partial charge in [0.2, 0.25) is 0 Å². The monoisotopic (exact) mass is 304 g/mol. The van der Waals surface area contributed by atoms with E-state index in [9.17, 15) is 9.59 Å². The van der Waals surface area contributed by atoms with Gasteiger partial charge in [-0.3, -0.25) is 9.59 Å². The van der Waals surface area contributed by atoms with Gasteiger partial charge in [-0.25, -0.2) is 0 Å². The van der Waals surface area contributed by atoms with Crippen LogP contribution in [0.2, 0.25) is 0 Å². The predicted octanol–water partition coefficient (Wildman–Crippen LogP) is 2.81. The summed E-state index contributed by atoms with van der Waals surface area (Å²) in [7, 11) is 0. The van der Waals surface area contributed by atoms with Crippen molar-refractivity contribution in [2.75, 3.05) is 6.61 Å². The Labute approximate surface area is 131 Å². The van der Waals surface area contributed by atoms with Crippen molar-refractivity contribution < 1.29 is 19.4 Å². The second-order valence-corrected chi connectivity index (χ2v) is 6.89. The van der Waals surface area contributed by atoms with E-state index in [1.807, 2.05) is 13.8 Å². The van der Waals surface area contributed by atoms with Gasteiger partial charge in [-0.2, -0.15) is 0 Å². The molecule has 0 aromatic heterocycles. The highest BCUT2D eigenvalue weighted by molar-refractivity contribution is 5.89. The Morgan fingerprint density at radius 3 is 2.23 bits per heavy atom. The van der Waals surface area contributed by atoms with E-state index >= 15 is 0 Å². The molecular formula is C18H24O4. The van der Waals surface area contributed by atoms with Crippen molar-refractivity contribution in [2.24, 2.45) is 5.41 Å². The van der Waals surface area contributed by atoms with Gasteiger partial charge < -0.3 is 9.84 Å². The molecule has 1 aliphatic rings. The first-order chi connectivity index (χ1) is 10.2. The number of aliphatic hydroxyl groups is 1. The SMILES string of the molecule is Cc1cc(C2CC2)cc(C)c1CC(=O)OC(=O)C(C)(C)CO. The zero-order chi connectivity index (χ0) is 16.5. The van der Waals surface area contributed by atoms with Gasteiger partial charge in [0.1, 0.15) is 0 Å². The first-order valence-electron chi connectivity index (χ1n) is 7.70. The van der Waals surface area contributed by atoms with Crippen LogP contribution >= 0.6 is 0 Å². The van der Waals surface area contributed by atoms with Crippen LogP contribution < -0.4 is 0 Å². The normalized spacial score (nSPS) is 14.8. The van der Waals surface area contributed by atoms with Gasteiger partial charge in [-0.1, -0.05) is 12.1 Å². The summed E-state index contributed by atoms with van der Waals surface area (Å²) in [5, 5.41) is 9.13. The molecule has 0 aliphatic heterocycles. The molecule has 0 atom stereocenters. The molecule has 22 heavy (non-hydrogen) atoms. The maximum absolute atomic E-state index is 12.0. The fourth-order valence-corrected chi connectivity index (χ4v) is 2.44. The number of hydrogen-bond acceptors (Lipinski definition) is 4. The standard InChI is InChI=1S/C18H24O4/c1-11-7-14(13-5-6-13)8-12(2)15(11)9-16(20)22-17(21)18(3,4)10-19/h7-8,13,19H,5-6,9-10H2,1-4H3. The lowest BCUT2D eigenvalue weighted by atomic mass is 9.94. The zero-order valence-corrected chi connectivity index (χ0v) is 13.7. The Morgan fingerprint density at radius 2 is 1.77 bits per heavy atom. The van der Waals surface area contributed by atoms with E-state index in [0.717, 1.165) is 16.7 Å². The molecule has 0 heterocycles. The second kappa shape index (κ2) is 6.21. The van der Waals surface area contributed by atoms with Gasteiger partial charge in [-0.05, 0) is 68.7 Å². The van der Waals surface area contributed by atoms with Crippen molar-refractivity contribution in [2.45, 2.75) is 52.9 Å². The second-order valence-electron chi connectivity index (χ2n) is 6.89. The van der Waals surface area contributed by atoms with Crippen LogP contribution in [0.4, 0.5) is 0 Å². The summed E-state index contributed by atoms with van der Waals surface area (Å²) in [4.78, 5) is 23.8. The van der Waals surface area contributed by atoms with E-state index in [1.165, 1.54) is 18.4 Å². The molecule has 0 spiro atoms. The van der Waals surface area contributed by atoms with Crippen LogP contribution in [0.25, 0.3) is 0 Å². The van der Waals surface area contributed by atoms with E-state index in [4.69, 9.17) is 9.84 Å². The number of ether oxygens (including phenoxy) is 1. The quantitative estimate of drug-likeness (QED) is 0.671. The lowest BCUT2D eigenvalue weighted by Gasteiger charge is -2.19. The van der Waals surface area contributed by atoms with Crippen LogP contribution in [-0.4, -0.2) is 23.7 Å². The van der Waals surface area contributed by atoms with Crippen LogP contribution in [0.3, 0.4) is 0 Å². The Kier molecular flexibility index (Phi) is 4.71. The Hall–Kier alpha value is -1.68. The molecule has 1 saturated carbocycles. The molecule has 0 amide bonds. The maximum atomic E-state index is 12.0. The van der Waals surface area contributed by atoms with Crippen molar-refractivity contribution >= 4 is 11.9 Å². The average molecular weight is 304 g/mol. The summed E-state index contributed by atoms with van der Waals surface area (Å²) in [6.45, 7) is 6.71. The average Bonchev–Trinajstić information content (AvgIpc) is 3.27. The zero-order valence-electron chi connectivity index (χ0n) is 13.7.